The molecule has 0 aromatic rings. The molecule has 3 aliphatic rings. The molecule has 2 bridgehead atoms. The fourth-order valence-electron chi connectivity index (χ4n) is 3.16. The summed E-state index contributed by atoms with van der Waals surface area (Å²) in [5.41, 5.74) is 0. The highest BCUT2D eigenvalue weighted by Gasteiger charge is 2.52. The van der Waals surface area contributed by atoms with Crippen molar-refractivity contribution in [1.29, 1.82) is 0 Å². The Balaban J connectivity index is 1.76. The van der Waals surface area contributed by atoms with Crippen LogP contribution < -0.4 is 0 Å². The van der Waals surface area contributed by atoms with Gasteiger partial charge in [0.05, 0.1) is 19.8 Å². The topological polar surface area (TPSA) is 182 Å². The lowest BCUT2D eigenvalue weighted by Crippen LogP contribution is -2.62. The van der Waals surface area contributed by atoms with E-state index in [2.05, 4.69) is 0 Å². The van der Waals surface area contributed by atoms with Crippen molar-refractivity contribution < 1.29 is 54.8 Å². The number of aliphatic hydroxyl groups excluding tert-OH is 6. The number of nitrogens with zero attached hydrogens (tertiary/aromatic N) is 1. The first-order chi connectivity index (χ1) is 11.9. The number of ether oxygens (including phenoxy) is 4. The predicted molar refractivity (Wildman–Crippen MR) is 73.8 cm³/mol. The van der Waals surface area contributed by atoms with Crippen LogP contribution in [0.15, 0.2) is 0 Å². The zero-order chi connectivity index (χ0) is 18.3. The molecule has 0 saturated carbocycles. The Kier molecular flexibility index (Phi) is 5.89. The fraction of sp³-hybridized carbons (Fsp3) is 1.00. The second-order valence-electron chi connectivity index (χ2n) is 6.22. The Morgan fingerprint density at radius 3 is 2.16 bits per heavy atom. The van der Waals surface area contributed by atoms with Gasteiger partial charge in [-0.15, -0.1) is 0 Å². The molecular weight excluding hydrogens is 346 g/mol. The minimum Gasteiger partial charge on any atom is -0.394 e. The van der Waals surface area contributed by atoms with Crippen molar-refractivity contribution in [2.24, 2.45) is 0 Å². The Hall–Kier alpha value is -0.480. The van der Waals surface area contributed by atoms with Gasteiger partial charge >= 0.3 is 0 Å². The van der Waals surface area contributed by atoms with Gasteiger partial charge in [-0.05, 0) is 0 Å². The van der Waals surface area contributed by atoms with E-state index in [9.17, 15) is 35.8 Å². The molecule has 0 radical (unpaired) electrons. The van der Waals surface area contributed by atoms with Crippen molar-refractivity contribution in [3.63, 3.8) is 0 Å². The monoisotopic (exact) mass is 369 g/mol. The summed E-state index contributed by atoms with van der Waals surface area (Å²) in [4.78, 5) is 0. The molecule has 25 heavy (non-hydrogen) atoms. The van der Waals surface area contributed by atoms with Crippen LogP contribution in [0.5, 0.6) is 0 Å². The average molecular weight is 369 g/mol. The van der Waals surface area contributed by atoms with Gasteiger partial charge in [-0.3, -0.25) is 0 Å². The van der Waals surface area contributed by atoms with Crippen LogP contribution in [0.3, 0.4) is 0 Å². The highest BCUT2D eigenvalue weighted by Crippen LogP contribution is 2.31. The van der Waals surface area contributed by atoms with Crippen molar-refractivity contribution in [3.8, 4) is 0 Å². The summed E-state index contributed by atoms with van der Waals surface area (Å²) in [6.45, 7) is -1.24. The first-order valence-corrected chi connectivity index (χ1v) is 7.88. The van der Waals surface area contributed by atoms with Gasteiger partial charge in [0.25, 0.3) is 0 Å². The summed E-state index contributed by atoms with van der Waals surface area (Å²) in [7, 11) is 0. The highest BCUT2D eigenvalue weighted by molar-refractivity contribution is 4.93. The van der Waals surface area contributed by atoms with Crippen molar-refractivity contribution >= 4 is 0 Å². The zero-order valence-electron chi connectivity index (χ0n) is 13.1. The fourth-order valence-corrected chi connectivity index (χ4v) is 3.16. The Labute approximate surface area is 142 Å². The van der Waals surface area contributed by atoms with E-state index in [4.69, 9.17) is 18.9 Å². The van der Waals surface area contributed by atoms with Gasteiger partial charge in [0.2, 0.25) is 0 Å². The van der Waals surface area contributed by atoms with Gasteiger partial charge in [-0.2, -0.15) is 5.06 Å². The van der Waals surface area contributed by atoms with Gasteiger partial charge in [0.1, 0.15) is 42.7 Å². The van der Waals surface area contributed by atoms with Gasteiger partial charge in [0.15, 0.2) is 18.8 Å². The van der Waals surface area contributed by atoms with Crippen molar-refractivity contribution in [2.75, 3.05) is 19.8 Å². The average Bonchev–Trinajstić information content (AvgIpc) is 2.91. The summed E-state index contributed by atoms with van der Waals surface area (Å²) in [5.74, 6) is 0. The Bertz CT molecular complexity index is 454. The molecule has 3 heterocycles. The maximum Gasteiger partial charge on any atom is 0.187 e. The zero-order valence-corrected chi connectivity index (χ0v) is 13.1. The predicted octanol–water partition coefficient (Wildman–Crippen LogP) is -4.70. The summed E-state index contributed by atoms with van der Waals surface area (Å²) in [6, 6.07) is 0. The summed E-state index contributed by atoms with van der Waals surface area (Å²) in [5, 5.41) is 69.2. The number of aliphatic hydroxyl groups is 6. The largest absolute Gasteiger partial charge is 0.394 e. The Morgan fingerprint density at radius 1 is 0.840 bits per heavy atom. The summed E-state index contributed by atoms with van der Waals surface area (Å²) >= 11 is 0. The van der Waals surface area contributed by atoms with Gasteiger partial charge < -0.3 is 54.8 Å². The third-order valence-corrected chi connectivity index (χ3v) is 4.56. The molecule has 7 N–H and O–H groups in total. The van der Waals surface area contributed by atoms with Gasteiger partial charge in [-0.1, -0.05) is 0 Å². The molecule has 12 nitrogen and oxygen atoms in total. The summed E-state index contributed by atoms with van der Waals surface area (Å²) < 4.78 is 21.4. The van der Waals surface area contributed by atoms with Crippen molar-refractivity contribution in [2.45, 2.75) is 61.5 Å². The molecular formula is C13H23NO11. The number of hydrogen-bond acceptors (Lipinski definition) is 12. The van der Waals surface area contributed by atoms with Crippen molar-refractivity contribution in [3.05, 3.63) is 0 Å². The molecule has 10 unspecified atom stereocenters. The van der Waals surface area contributed by atoms with Crippen LogP contribution in [0.2, 0.25) is 0 Å². The van der Waals surface area contributed by atoms with Crippen molar-refractivity contribution in [1.82, 2.24) is 5.06 Å². The minimum absolute atomic E-state index is 0.0367. The quantitative estimate of drug-likeness (QED) is 0.252. The van der Waals surface area contributed by atoms with E-state index in [-0.39, 0.29) is 6.54 Å². The van der Waals surface area contributed by atoms with Gasteiger partial charge in [-0.25, -0.2) is 0 Å². The van der Waals surface area contributed by atoms with E-state index in [1.54, 1.807) is 0 Å². The second-order valence-corrected chi connectivity index (χ2v) is 6.22. The number of rotatable bonds is 4. The molecule has 10 atom stereocenters. The number of fused-ring (bicyclic) bond motifs is 2. The standard InChI is InChI=1S/C13H23NO11/c15-2-4-7(17)8(18)9(19)13(23-4)25-11-5(3-16)22-6-1-14(21)12(24-6)10(11)20/h4-13,15-21H,1-3H2. The van der Waals surface area contributed by atoms with E-state index in [0.29, 0.717) is 5.06 Å². The van der Waals surface area contributed by atoms with Crippen LogP contribution in [0.4, 0.5) is 0 Å². The molecule has 0 aromatic carbocycles. The maximum absolute atomic E-state index is 10.4. The molecule has 3 fully saturated rings. The van der Waals surface area contributed by atoms with Crippen LogP contribution in [0.25, 0.3) is 0 Å². The lowest BCUT2D eigenvalue weighted by Gasteiger charge is -2.42. The van der Waals surface area contributed by atoms with E-state index in [1.807, 2.05) is 0 Å². The van der Waals surface area contributed by atoms with E-state index in [1.165, 1.54) is 0 Å². The molecule has 0 spiro atoms. The van der Waals surface area contributed by atoms with E-state index >= 15 is 0 Å². The maximum atomic E-state index is 10.4. The molecule has 0 aromatic heterocycles. The lowest BCUT2D eigenvalue weighted by molar-refractivity contribution is -0.330. The summed E-state index contributed by atoms with van der Waals surface area (Å²) in [6.07, 6.45) is -13.6. The molecule has 0 amide bonds. The third-order valence-electron chi connectivity index (χ3n) is 4.56. The molecule has 3 aliphatic heterocycles. The van der Waals surface area contributed by atoms with E-state index in [0.717, 1.165) is 0 Å². The number of hydroxylamine groups is 2. The van der Waals surface area contributed by atoms with Crippen LogP contribution in [0.1, 0.15) is 0 Å². The van der Waals surface area contributed by atoms with Crippen LogP contribution in [0, 0.1) is 0 Å². The van der Waals surface area contributed by atoms with Gasteiger partial charge in [0, 0.05) is 0 Å². The first-order valence-electron chi connectivity index (χ1n) is 7.88. The molecule has 3 rings (SSSR count). The first kappa shape index (κ1) is 19.3. The smallest absolute Gasteiger partial charge is 0.187 e. The van der Waals surface area contributed by atoms with Crippen LogP contribution in [-0.4, -0.2) is 122 Å². The normalized spacial score (nSPS) is 51.5. The molecule has 146 valence electrons. The number of hydrogen-bond donors (Lipinski definition) is 7. The molecule has 0 aliphatic carbocycles. The Morgan fingerprint density at radius 2 is 1.52 bits per heavy atom. The molecule has 3 saturated heterocycles. The highest BCUT2D eigenvalue weighted by atomic mass is 16.8. The molecule has 12 heteroatoms. The minimum atomic E-state index is -1.68. The van der Waals surface area contributed by atoms with Crippen LogP contribution in [-0.2, 0) is 18.9 Å². The van der Waals surface area contributed by atoms with E-state index < -0.39 is 74.7 Å². The second kappa shape index (κ2) is 7.64. The third kappa shape index (κ3) is 3.53. The van der Waals surface area contributed by atoms with Crippen LogP contribution >= 0.6 is 0 Å². The lowest BCUT2D eigenvalue weighted by atomic mass is 9.99. The SMILES string of the molecule is OCC1OC(OC2C(CO)OC3CN(O)C(O3)C2O)C(O)C(O)C1O.